The molecule has 20 heavy (non-hydrogen) atoms. The van der Waals surface area contributed by atoms with Gasteiger partial charge in [0.1, 0.15) is 0 Å². The summed E-state index contributed by atoms with van der Waals surface area (Å²) in [7, 11) is 0. The van der Waals surface area contributed by atoms with Gasteiger partial charge in [-0.3, -0.25) is 9.59 Å². The standard InChI is InChI=1S/C16H15NO3/c18-15(11-6-1-2-7-12(11)16(19)20)13-9-17-14-8-4-3-5-10(13)14/h1-5,8-9,11-12,17H,6-7H2,(H,19,20)/t11-,12+/m0/s1. The lowest BCUT2D eigenvalue weighted by atomic mass is 9.78. The molecule has 1 aliphatic rings. The molecule has 0 saturated carbocycles. The third-order valence-electron chi connectivity index (χ3n) is 3.94. The molecule has 0 fully saturated rings. The van der Waals surface area contributed by atoms with Crippen LogP contribution in [0.3, 0.4) is 0 Å². The number of benzene rings is 1. The predicted molar refractivity (Wildman–Crippen MR) is 75.6 cm³/mol. The van der Waals surface area contributed by atoms with Gasteiger partial charge in [-0.1, -0.05) is 30.4 Å². The van der Waals surface area contributed by atoms with Crippen molar-refractivity contribution in [2.45, 2.75) is 12.8 Å². The molecule has 2 N–H and O–H groups in total. The largest absolute Gasteiger partial charge is 0.481 e. The Morgan fingerprint density at radius 3 is 2.55 bits per heavy atom. The molecule has 0 amide bonds. The molecule has 0 saturated heterocycles. The van der Waals surface area contributed by atoms with Crippen molar-refractivity contribution in [3.8, 4) is 0 Å². The average molecular weight is 269 g/mol. The molecule has 4 heteroatoms. The molecule has 3 rings (SSSR count). The molecule has 4 nitrogen and oxygen atoms in total. The Bertz CT molecular complexity index is 699. The maximum atomic E-state index is 12.7. The second-order valence-electron chi connectivity index (χ2n) is 5.11. The van der Waals surface area contributed by atoms with Crippen molar-refractivity contribution >= 4 is 22.7 Å². The molecule has 1 heterocycles. The zero-order valence-corrected chi connectivity index (χ0v) is 10.9. The first-order valence-corrected chi connectivity index (χ1v) is 6.66. The lowest BCUT2D eigenvalue weighted by Gasteiger charge is -2.23. The Morgan fingerprint density at radius 1 is 1.10 bits per heavy atom. The zero-order chi connectivity index (χ0) is 14.1. The molecule has 0 unspecified atom stereocenters. The number of carbonyl (C=O) groups excluding carboxylic acids is 1. The van der Waals surface area contributed by atoms with Crippen molar-refractivity contribution in [2.24, 2.45) is 11.8 Å². The Balaban J connectivity index is 1.99. The van der Waals surface area contributed by atoms with E-state index in [1.165, 1.54) is 0 Å². The predicted octanol–water partition coefficient (Wildman–Crippen LogP) is 3.02. The quantitative estimate of drug-likeness (QED) is 0.664. The molecule has 0 spiro atoms. The van der Waals surface area contributed by atoms with Crippen LogP contribution in [0.15, 0.2) is 42.6 Å². The Kier molecular flexibility index (Phi) is 3.14. The molecule has 102 valence electrons. The highest BCUT2D eigenvalue weighted by Gasteiger charge is 2.35. The molecule has 0 aliphatic heterocycles. The number of carbonyl (C=O) groups is 2. The summed E-state index contributed by atoms with van der Waals surface area (Å²) in [5, 5.41) is 10.1. The van der Waals surface area contributed by atoms with Crippen LogP contribution in [0.2, 0.25) is 0 Å². The van der Waals surface area contributed by atoms with E-state index in [0.29, 0.717) is 18.4 Å². The van der Waals surface area contributed by atoms with Crippen LogP contribution in [0, 0.1) is 11.8 Å². The number of allylic oxidation sites excluding steroid dienone is 2. The zero-order valence-electron chi connectivity index (χ0n) is 10.9. The van der Waals surface area contributed by atoms with Gasteiger partial charge in [0, 0.05) is 28.6 Å². The third-order valence-corrected chi connectivity index (χ3v) is 3.94. The van der Waals surface area contributed by atoms with Crippen LogP contribution < -0.4 is 0 Å². The molecule has 1 aromatic carbocycles. The van der Waals surface area contributed by atoms with Crippen LogP contribution in [0.4, 0.5) is 0 Å². The van der Waals surface area contributed by atoms with Crippen LogP contribution in [0.25, 0.3) is 10.9 Å². The van der Waals surface area contributed by atoms with Crippen molar-refractivity contribution in [1.82, 2.24) is 4.98 Å². The number of aromatic amines is 1. The summed E-state index contributed by atoms with van der Waals surface area (Å²) in [4.78, 5) is 27.0. The minimum Gasteiger partial charge on any atom is -0.481 e. The SMILES string of the molecule is O=C(c1c[nH]c2ccccc12)[C@H]1CC=CC[C@H]1C(=O)O. The first kappa shape index (κ1) is 12.7. The number of carboxylic acids is 1. The molecule has 2 atom stereocenters. The van der Waals surface area contributed by atoms with Crippen LogP contribution in [-0.2, 0) is 4.79 Å². The second-order valence-corrected chi connectivity index (χ2v) is 5.11. The monoisotopic (exact) mass is 269 g/mol. The fraction of sp³-hybridized carbons (Fsp3) is 0.250. The number of hydrogen-bond donors (Lipinski definition) is 2. The van der Waals surface area contributed by atoms with E-state index in [2.05, 4.69) is 4.98 Å². The van der Waals surface area contributed by atoms with E-state index in [0.717, 1.165) is 10.9 Å². The topological polar surface area (TPSA) is 70.2 Å². The molecule has 0 radical (unpaired) electrons. The fourth-order valence-corrected chi connectivity index (χ4v) is 2.85. The summed E-state index contributed by atoms with van der Waals surface area (Å²) >= 11 is 0. The molecular weight excluding hydrogens is 254 g/mol. The second kappa shape index (κ2) is 4.96. The minimum atomic E-state index is -0.896. The van der Waals surface area contributed by atoms with Gasteiger partial charge in [0.15, 0.2) is 5.78 Å². The van der Waals surface area contributed by atoms with Gasteiger partial charge in [0.25, 0.3) is 0 Å². The van der Waals surface area contributed by atoms with Crippen molar-refractivity contribution in [3.05, 3.63) is 48.2 Å². The average Bonchev–Trinajstić information content (AvgIpc) is 2.90. The van der Waals surface area contributed by atoms with E-state index in [4.69, 9.17) is 0 Å². The smallest absolute Gasteiger partial charge is 0.307 e. The summed E-state index contributed by atoms with van der Waals surface area (Å²) in [6, 6.07) is 7.56. The number of H-pyrrole nitrogens is 1. The number of aromatic nitrogens is 1. The van der Waals surface area contributed by atoms with E-state index in [1.54, 1.807) is 6.20 Å². The number of para-hydroxylation sites is 1. The number of rotatable bonds is 3. The highest BCUT2D eigenvalue weighted by Crippen LogP contribution is 2.31. The number of nitrogens with one attached hydrogen (secondary N) is 1. The maximum absolute atomic E-state index is 12.7. The number of fused-ring (bicyclic) bond motifs is 1. The number of hydrogen-bond acceptors (Lipinski definition) is 2. The van der Waals surface area contributed by atoms with Gasteiger partial charge in [-0.15, -0.1) is 0 Å². The van der Waals surface area contributed by atoms with Crippen molar-refractivity contribution < 1.29 is 14.7 Å². The number of ketones is 1. The summed E-state index contributed by atoms with van der Waals surface area (Å²) in [5.41, 5.74) is 1.49. The van der Waals surface area contributed by atoms with Gasteiger partial charge in [0.2, 0.25) is 0 Å². The van der Waals surface area contributed by atoms with Crippen LogP contribution in [0.5, 0.6) is 0 Å². The van der Waals surface area contributed by atoms with Gasteiger partial charge in [0.05, 0.1) is 5.92 Å². The van der Waals surface area contributed by atoms with E-state index in [-0.39, 0.29) is 5.78 Å². The van der Waals surface area contributed by atoms with Crippen LogP contribution in [-0.4, -0.2) is 21.8 Å². The van der Waals surface area contributed by atoms with Gasteiger partial charge in [-0.05, 0) is 18.9 Å². The molecule has 2 aromatic rings. The minimum absolute atomic E-state index is 0.0841. The van der Waals surface area contributed by atoms with E-state index < -0.39 is 17.8 Å². The summed E-state index contributed by atoms with van der Waals surface area (Å²) < 4.78 is 0. The Labute approximate surface area is 116 Å². The lowest BCUT2D eigenvalue weighted by molar-refractivity contribution is -0.143. The van der Waals surface area contributed by atoms with E-state index in [1.807, 2.05) is 36.4 Å². The number of carboxylic acid groups (broad SMARTS) is 1. The summed E-state index contributed by atoms with van der Waals surface area (Å²) in [6.45, 7) is 0. The highest BCUT2D eigenvalue weighted by molar-refractivity contribution is 6.09. The molecule has 1 aromatic heterocycles. The van der Waals surface area contributed by atoms with Crippen molar-refractivity contribution in [3.63, 3.8) is 0 Å². The van der Waals surface area contributed by atoms with Crippen LogP contribution in [0.1, 0.15) is 23.2 Å². The number of aliphatic carboxylic acids is 1. The third kappa shape index (κ3) is 2.03. The van der Waals surface area contributed by atoms with Crippen molar-refractivity contribution in [1.29, 1.82) is 0 Å². The summed E-state index contributed by atoms with van der Waals surface area (Å²) in [6.07, 6.45) is 6.35. The van der Waals surface area contributed by atoms with E-state index in [9.17, 15) is 14.7 Å². The molecule has 0 bridgehead atoms. The van der Waals surface area contributed by atoms with Gasteiger partial charge in [-0.25, -0.2) is 0 Å². The van der Waals surface area contributed by atoms with Crippen LogP contribution >= 0.6 is 0 Å². The normalized spacial score (nSPS) is 22.0. The van der Waals surface area contributed by atoms with Gasteiger partial charge in [-0.2, -0.15) is 0 Å². The Hall–Kier alpha value is -2.36. The Morgan fingerprint density at radius 2 is 1.80 bits per heavy atom. The van der Waals surface area contributed by atoms with Gasteiger partial charge < -0.3 is 10.1 Å². The van der Waals surface area contributed by atoms with Crippen molar-refractivity contribution in [2.75, 3.05) is 0 Å². The molecular formula is C16H15NO3. The fourth-order valence-electron chi connectivity index (χ4n) is 2.85. The lowest BCUT2D eigenvalue weighted by Crippen LogP contribution is -2.31. The number of Topliss-reactive ketones (excluding diaryl/α,β-unsaturated/α-hetero) is 1. The van der Waals surface area contributed by atoms with E-state index >= 15 is 0 Å². The molecule has 1 aliphatic carbocycles. The maximum Gasteiger partial charge on any atom is 0.307 e. The first-order chi connectivity index (χ1) is 9.68. The summed E-state index contributed by atoms with van der Waals surface area (Å²) in [5.74, 6) is -2.08. The first-order valence-electron chi connectivity index (χ1n) is 6.66. The van der Waals surface area contributed by atoms with Gasteiger partial charge >= 0.3 is 5.97 Å². The highest BCUT2D eigenvalue weighted by atomic mass is 16.4.